The van der Waals surface area contributed by atoms with Crippen LogP contribution in [0, 0.1) is 0 Å². The van der Waals surface area contributed by atoms with Crippen LogP contribution in [0.4, 0.5) is 0 Å². The lowest BCUT2D eigenvalue weighted by atomic mass is 9.88. The summed E-state index contributed by atoms with van der Waals surface area (Å²) in [5.74, 6) is -1.30. The van der Waals surface area contributed by atoms with E-state index in [1.807, 2.05) is 91.0 Å². The van der Waals surface area contributed by atoms with Gasteiger partial charge in [-0.1, -0.05) is 120 Å². The highest BCUT2D eigenvalue weighted by Crippen LogP contribution is 2.28. The van der Waals surface area contributed by atoms with Crippen molar-refractivity contribution < 1.29 is 19.8 Å². The van der Waals surface area contributed by atoms with Gasteiger partial charge in [-0.05, 0) is 47.2 Å². The van der Waals surface area contributed by atoms with Crippen molar-refractivity contribution in [2.75, 3.05) is 6.54 Å². The van der Waals surface area contributed by atoms with Crippen LogP contribution in [0.3, 0.4) is 0 Å². The molecule has 0 aliphatic carbocycles. The van der Waals surface area contributed by atoms with Crippen molar-refractivity contribution in [3.05, 3.63) is 141 Å². The summed E-state index contributed by atoms with van der Waals surface area (Å²) in [6.07, 6.45) is -2.59. The minimum atomic E-state index is -1.77. The molecule has 4 aromatic rings. The molecule has 4 aromatic carbocycles. The Morgan fingerprint density at radius 2 is 1.29 bits per heavy atom. The fourth-order valence-corrected chi connectivity index (χ4v) is 5.20. The van der Waals surface area contributed by atoms with Crippen LogP contribution in [0.25, 0.3) is 0 Å². The van der Waals surface area contributed by atoms with Crippen molar-refractivity contribution in [1.82, 2.24) is 10.6 Å². The van der Waals surface area contributed by atoms with Gasteiger partial charge in [0, 0.05) is 18.9 Å². The molecular formula is C34H34Cl2N2O4. The number of aliphatic hydroxyl groups excluding tert-OH is 2. The van der Waals surface area contributed by atoms with Crippen LogP contribution < -0.4 is 10.6 Å². The smallest absolute Gasteiger partial charge is 0.251 e. The molecule has 0 fully saturated rings. The minimum absolute atomic E-state index is 0.0952. The second-order valence-electron chi connectivity index (χ2n) is 10.2. The third-order valence-electron chi connectivity index (χ3n) is 7.14. The number of halogens is 2. The van der Waals surface area contributed by atoms with E-state index in [-0.39, 0.29) is 31.2 Å². The Kier molecular flexibility index (Phi) is 11.6. The lowest BCUT2D eigenvalue weighted by molar-refractivity contribution is -0.138. The topological polar surface area (TPSA) is 98.7 Å². The van der Waals surface area contributed by atoms with Crippen molar-refractivity contribution in [2.24, 2.45) is 0 Å². The molecule has 0 spiro atoms. The van der Waals surface area contributed by atoms with Crippen molar-refractivity contribution >= 4 is 35.0 Å². The highest BCUT2D eigenvalue weighted by Gasteiger charge is 2.33. The molecule has 2 amide bonds. The molecule has 0 aliphatic heterocycles. The third kappa shape index (κ3) is 8.91. The predicted molar refractivity (Wildman–Crippen MR) is 167 cm³/mol. The summed E-state index contributed by atoms with van der Waals surface area (Å²) >= 11 is 12.3. The van der Waals surface area contributed by atoms with Crippen LogP contribution in [0.2, 0.25) is 10.0 Å². The van der Waals surface area contributed by atoms with Gasteiger partial charge in [0.2, 0.25) is 5.91 Å². The molecule has 4 rings (SSSR count). The maximum Gasteiger partial charge on any atom is 0.251 e. The number of rotatable bonds is 13. The molecule has 0 heterocycles. The van der Waals surface area contributed by atoms with Gasteiger partial charge in [-0.2, -0.15) is 0 Å². The summed E-state index contributed by atoms with van der Waals surface area (Å²) in [6.45, 7) is 0.284. The Balaban J connectivity index is 1.49. The molecular weight excluding hydrogens is 571 g/mol. The first-order chi connectivity index (χ1) is 20.3. The molecule has 3 atom stereocenters. The zero-order chi connectivity index (χ0) is 29.9. The molecule has 42 heavy (non-hydrogen) atoms. The van der Waals surface area contributed by atoms with Gasteiger partial charge >= 0.3 is 0 Å². The first-order valence-corrected chi connectivity index (χ1v) is 14.6. The second kappa shape index (κ2) is 15.5. The van der Waals surface area contributed by atoms with Crippen LogP contribution in [0.1, 0.15) is 34.6 Å². The molecule has 6 nitrogen and oxygen atoms in total. The minimum Gasteiger partial charge on any atom is -0.388 e. The van der Waals surface area contributed by atoms with E-state index in [1.165, 1.54) is 0 Å². The molecule has 218 valence electrons. The van der Waals surface area contributed by atoms with E-state index in [4.69, 9.17) is 23.2 Å². The number of aliphatic hydroxyl groups is 2. The van der Waals surface area contributed by atoms with E-state index in [0.717, 1.165) is 16.7 Å². The first-order valence-electron chi connectivity index (χ1n) is 13.8. The molecule has 0 aromatic heterocycles. The molecule has 2 unspecified atom stereocenters. The Hall–Kier alpha value is -3.68. The van der Waals surface area contributed by atoms with E-state index in [2.05, 4.69) is 10.6 Å². The van der Waals surface area contributed by atoms with Crippen LogP contribution in [0.5, 0.6) is 0 Å². The first kappa shape index (κ1) is 31.3. The van der Waals surface area contributed by atoms with E-state index in [9.17, 15) is 19.8 Å². The number of carbonyl (C=O) groups excluding carboxylic acids is 2. The van der Waals surface area contributed by atoms with Crippen molar-refractivity contribution in [2.45, 2.75) is 43.4 Å². The number of carbonyl (C=O) groups is 2. The van der Waals surface area contributed by atoms with E-state index >= 15 is 0 Å². The summed E-state index contributed by atoms with van der Waals surface area (Å²) in [4.78, 5) is 26.3. The zero-order valence-corrected chi connectivity index (χ0v) is 24.5. The van der Waals surface area contributed by atoms with Gasteiger partial charge in [0.15, 0.2) is 6.10 Å². The van der Waals surface area contributed by atoms with Gasteiger partial charge in [0.1, 0.15) is 6.10 Å². The molecule has 0 aliphatic rings. The van der Waals surface area contributed by atoms with Crippen LogP contribution in [-0.2, 0) is 22.4 Å². The third-order valence-corrected chi connectivity index (χ3v) is 7.88. The lowest BCUT2D eigenvalue weighted by Crippen LogP contribution is -2.54. The van der Waals surface area contributed by atoms with Gasteiger partial charge < -0.3 is 20.8 Å². The molecule has 0 saturated heterocycles. The second-order valence-corrected chi connectivity index (χ2v) is 11.0. The Morgan fingerprint density at radius 1 is 0.714 bits per heavy atom. The molecule has 4 N–H and O–H groups in total. The normalized spacial score (nSPS) is 13.3. The Bertz CT molecular complexity index is 1400. The van der Waals surface area contributed by atoms with E-state index in [1.54, 1.807) is 18.2 Å². The SMILES string of the molecule is O=C(CC(c1ccccc1)c1ccccc1)N[C@@H](Cc1ccc(Cl)c(Cl)c1)C(O)C(O)C(=O)NCCc1ccccc1. The largest absolute Gasteiger partial charge is 0.388 e. The molecule has 0 radical (unpaired) electrons. The monoisotopic (exact) mass is 604 g/mol. The van der Waals surface area contributed by atoms with Gasteiger partial charge in [0.05, 0.1) is 16.1 Å². The summed E-state index contributed by atoms with van der Waals surface area (Å²) in [5, 5.41) is 28.2. The highest BCUT2D eigenvalue weighted by molar-refractivity contribution is 6.42. The van der Waals surface area contributed by atoms with Gasteiger partial charge in [0.25, 0.3) is 5.91 Å². The van der Waals surface area contributed by atoms with Gasteiger partial charge in [-0.3, -0.25) is 9.59 Å². The summed E-state index contributed by atoms with van der Waals surface area (Å²) in [5.41, 5.74) is 3.65. The zero-order valence-electron chi connectivity index (χ0n) is 23.0. The van der Waals surface area contributed by atoms with Crippen molar-refractivity contribution in [3.8, 4) is 0 Å². The molecule has 0 bridgehead atoms. The van der Waals surface area contributed by atoms with E-state index in [0.29, 0.717) is 22.0 Å². The fraction of sp³-hybridized carbons (Fsp3) is 0.235. The Labute approximate surface area is 256 Å². The van der Waals surface area contributed by atoms with Crippen LogP contribution >= 0.6 is 23.2 Å². The predicted octanol–water partition coefficient (Wildman–Crippen LogP) is 5.32. The van der Waals surface area contributed by atoms with Crippen molar-refractivity contribution in [1.29, 1.82) is 0 Å². The number of hydrogen-bond donors (Lipinski definition) is 4. The number of benzene rings is 4. The van der Waals surface area contributed by atoms with Gasteiger partial charge in [-0.15, -0.1) is 0 Å². The average Bonchev–Trinajstić information content (AvgIpc) is 3.02. The average molecular weight is 606 g/mol. The fourth-order valence-electron chi connectivity index (χ4n) is 4.88. The number of hydrogen-bond acceptors (Lipinski definition) is 4. The lowest BCUT2D eigenvalue weighted by Gasteiger charge is -2.28. The summed E-state index contributed by atoms with van der Waals surface area (Å²) < 4.78 is 0. The van der Waals surface area contributed by atoms with E-state index < -0.39 is 24.2 Å². The maximum absolute atomic E-state index is 13.5. The highest BCUT2D eigenvalue weighted by atomic mass is 35.5. The number of amides is 2. The standard InChI is InChI=1S/C34H34Cl2N2O4/c35-28-17-16-24(20-29(28)36)21-30(32(40)33(41)34(42)37-19-18-23-10-4-1-5-11-23)38-31(39)22-27(25-12-6-2-7-13-25)26-14-8-3-9-15-26/h1-17,20,27,30,32-33,40-41H,18-19,21-22H2,(H,37,42)(H,38,39)/t30-,32?,33?/m0/s1. The van der Waals surface area contributed by atoms with Gasteiger partial charge in [-0.25, -0.2) is 0 Å². The van der Waals surface area contributed by atoms with Crippen LogP contribution in [-0.4, -0.2) is 46.8 Å². The summed E-state index contributed by atoms with van der Waals surface area (Å²) in [7, 11) is 0. The molecule has 0 saturated carbocycles. The maximum atomic E-state index is 13.5. The van der Waals surface area contributed by atoms with Crippen LogP contribution in [0.15, 0.2) is 109 Å². The quantitative estimate of drug-likeness (QED) is 0.166. The Morgan fingerprint density at radius 3 is 1.86 bits per heavy atom. The number of nitrogens with one attached hydrogen (secondary N) is 2. The van der Waals surface area contributed by atoms with Crippen molar-refractivity contribution in [3.63, 3.8) is 0 Å². The summed E-state index contributed by atoms with van der Waals surface area (Å²) in [6, 6.07) is 33.0. The molecule has 8 heteroatoms.